The zero-order valence-electron chi connectivity index (χ0n) is 17.3. The molecule has 1 N–H and O–H groups in total. The van der Waals surface area contributed by atoms with E-state index in [-0.39, 0.29) is 28.2 Å². The summed E-state index contributed by atoms with van der Waals surface area (Å²) in [7, 11) is 1.44. The number of ketones is 1. The van der Waals surface area contributed by atoms with Gasteiger partial charge in [0.15, 0.2) is 23.9 Å². The van der Waals surface area contributed by atoms with Crippen molar-refractivity contribution in [1.82, 2.24) is 0 Å². The molecule has 0 atom stereocenters. The van der Waals surface area contributed by atoms with Crippen LogP contribution in [0.5, 0.6) is 11.5 Å². The van der Waals surface area contributed by atoms with Gasteiger partial charge in [-0.2, -0.15) is 0 Å². The monoisotopic (exact) mass is 433 g/mol. The lowest BCUT2D eigenvalue weighted by atomic mass is 10.1. The molecule has 2 aromatic carbocycles. The van der Waals surface area contributed by atoms with Gasteiger partial charge in [0.25, 0.3) is 0 Å². The van der Waals surface area contributed by atoms with Crippen LogP contribution in [0.15, 0.2) is 36.4 Å². The number of amides is 1. The number of carbonyl (C=O) groups is 3. The predicted octanol–water partition coefficient (Wildman–Crippen LogP) is 4.38. The van der Waals surface area contributed by atoms with Gasteiger partial charge in [0, 0.05) is 18.2 Å². The van der Waals surface area contributed by atoms with E-state index in [1.165, 1.54) is 26.2 Å². The third kappa shape index (κ3) is 6.49. The van der Waals surface area contributed by atoms with Crippen molar-refractivity contribution in [2.75, 3.05) is 25.6 Å². The van der Waals surface area contributed by atoms with Crippen molar-refractivity contribution < 1.29 is 28.6 Å². The molecule has 2 aromatic rings. The molecule has 7 nitrogen and oxygen atoms in total. The SMILES string of the molecule is COc1cc(C(=O)OCC(=O)c2ccc(NC(C)=O)cc2)cc(Cl)c1OCC(C)C. The molecule has 2 rings (SSSR count). The van der Waals surface area contributed by atoms with Crippen molar-refractivity contribution in [3.05, 3.63) is 52.5 Å². The molecule has 0 aliphatic rings. The summed E-state index contributed by atoms with van der Waals surface area (Å²) in [4.78, 5) is 35.7. The molecule has 0 aromatic heterocycles. The first-order valence-electron chi connectivity index (χ1n) is 9.29. The van der Waals surface area contributed by atoms with Gasteiger partial charge >= 0.3 is 5.97 Å². The van der Waals surface area contributed by atoms with E-state index in [4.69, 9.17) is 25.8 Å². The van der Waals surface area contributed by atoms with E-state index in [2.05, 4.69) is 5.32 Å². The van der Waals surface area contributed by atoms with Gasteiger partial charge in [-0.1, -0.05) is 25.4 Å². The molecule has 160 valence electrons. The van der Waals surface area contributed by atoms with Crippen LogP contribution in [-0.4, -0.2) is 38.0 Å². The molecular weight excluding hydrogens is 410 g/mol. The minimum atomic E-state index is -0.714. The van der Waals surface area contributed by atoms with Crippen LogP contribution in [-0.2, 0) is 9.53 Å². The van der Waals surface area contributed by atoms with Gasteiger partial charge in [0.05, 0.1) is 24.3 Å². The highest BCUT2D eigenvalue weighted by atomic mass is 35.5. The van der Waals surface area contributed by atoms with Gasteiger partial charge in [0.2, 0.25) is 5.91 Å². The zero-order chi connectivity index (χ0) is 22.3. The Kier molecular flexibility index (Phi) is 8.24. The van der Waals surface area contributed by atoms with Crippen molar-refractivity contribution in [3.8, 4) is 11.5 Å². The highest BCUT2D eigenvalue weighted by Gasteiger charge is 2.18. The minimum absolute atomic E-state index is 0.141. The molecule has 30 heavy (non-hydrogen) atoms. The average molecular weight is 434 g/mol. The average Bonchev–Trinajstić information content (AvgIpc) is 2.70. The highest BCUT2D eigenvalue weighted by Crippen LogP contribution is 2.37. The second kappa shape index (κ2) is 10.6. The summed E-state index contributed by atoms with van der Waals surface area (Å²) >= 11 is 6.24. The molecule has 0 heterocycles. The van der Waals surface area contributed by atoms with Crippen LogP contribution in [0, 0.1) is 5.92 Å². The molecule has 0 spiro atoms. The van der Waals surface area contributed by atoms with E-state index in [9.17, 15) is 14.4 Å². The summed E-state index contributed by atoms with van der Waals surface area (Å²) in [6.07, 6.45) is 0. The number of hydrogen-bond donors (Lipinski definition) is 1. The lowest BCUT2D eigenvalue weighted by Gasteiger charge is -2.15. The first kappa shape index (κ1) is 23.2. The Morgan fingerprint density at radius 2 is 1.73 bits per heavy atom. The van der Waals surface area contributed by atoms with Gasteiger partial charge in [-0.05, 0) is 42.3 Å². The molecule has 0 radical (unpaired) electrons. The Balaban J connectivity index is 2.04. The Hall–Kier alpha value is -3.06. The fourth-order valence-corrected chi connectivity index (χ4v) is 2.73. The fraction of sp³-hybridized carbons (Fsp3) is 0.318. The summed E-state index contributed by atoms with van der Waals surface area (Å²) in [5, 5.41) is 2.82. The predicted molar refractivity (Wildman–Crippen MR) is 114 cm³/mol. The number of esters is 1. The summed E-state index contributed by atoms with van der Waals surface area (Å²) in [6, 6.07) is 9.14. The van der Waals surface area contributed by atoms with Crippen LogP contribution in [0.3, 0.4) is 0 Å². The fourth-order valence-electron chi connectivity index (χ4n) is 2.47. The normalized spacial score (nSPS) is 10.5. The summed E-state index contributed by atoms with van der Waals surface area (Å²) in [6.45, 7) is 5.38. The number of hydrogen-bond acceptors (Lipinski definition) is 6. The number of halogens is 1. The van der Waals surface area contributed by atoms with Crippen LogP contribution in [0.25, 0.3) is 0 Å². The standard InChI is InChI=1S/C22H24ClNO6/c1-13(2)11-29-21-18(23)9-16(10-20(21)28-4)22(27)30-12-19(26)15-5-7-17(8-6-15)24-14(3)25/h5-10,13H,11-12H2,1-4H3,(H,24,25). The minimum Gasteiger partial charge on any atom is -0.493 e. The molecule has 0 saturated carbocycles. The van der Waals surface area contributed by atoms with Gasteiger partial charge in [-0.3, -0.25) is 9.59 Å². The Bertz CT molecular complexity index is 924. The Morgan fingerprint density at radius 1 is 1.07 bits per heavy atom. The molecule has 0 fully saturated rings. The molecule has 1 amide bonds. The second-order valence-corrected chi connectivity index (χ2v) is 7.36. The van der Waals surface area contributed by atoms with Crippen LogP contribution < -0.4 is 14.8 Å². The van der Waals surface area contributed by atoms with E-state index in [1.807, 2.05) is 13.8 Å². The largest absolute Gasteiger partial charge is 0.493 e. The molecule has 0 saturated heterocycles. The zero-order valence-corrected chi connectivity index (χ0v) is 18.0. The van der Waals surface area contributed by atoms with Gasteiger partial charge in [0.1, 0.15) is 0 Å². The number of Topliss-reactive ketones (excluding diaryl/α,β-unsaturated/α-hetero) is 1. The summed E-state index contributed by atoms with van der Waals surface area (Å²) < 4.78 is 16.0. The van der Waals surface area contributed by atoms with E-state index in [1.54, 1.807) is 24.3 Å². The van der Waals surface area contributed by atoms with Crippen LogP contribution >= 0.6 is 11.6 Å². The van der Waals surface area contributed by atoms with Gasteiger partial charge in [-0.15, -0.1) is 0 Å². The lowest BCUT2D eigenvalue weighted by Crippen LogP contribution is -2.15. The summed E-state index contributed by atoms with van der Waals surface area (Å²) in [5.74, 6) is -0.373. The van der Waals surface area contributed by atoms with E-state index >= 15 is 0 Å². The van der Waals surface area contributed by atoms with E-state index in [0.717, 1.165) is 0 Å². The van der Waals surface area contributed by atoms with Crippen LogP contribution in [0.1, 0.15) is 41.5 Å². The first-order chi connectivity index (χ1) is 14.2. The van der Waals surface area contributed by atoms with Crippen molar-refractivity contribution in [1.29, 1.82) is 0 Å². The first-order valence-corrected chi connectivity index (χ1v) is 9.67. The molecule has 8 heteroatoms. The highest BCUT2D eigenvalue weighted by molar-refractivity contribution is 6.32. The number of anilines is 1. The Morgan fingerprint density at radius 3 is 2.30 bits per heavy atom. The number of methoxy groups -OCH3 is 1. The number of nitrogens with one attached hydrogen (secondary N) is 1. The quantitative estimate of drug-likeness (QED) is 0.466. The van der Waals surface area contributed by atoms with Crippen LogP contribution in [0.2, 0.25) is 5.02 Å². The Labute approximate surface area is 180 Å². The third-order valence-electron chi connectivity index (χ3n) is 3.89. The number of carbonyl (C=O) groups excluding carboxylic acids is 3. The van der Waals surface area contributed by atoms with E-state index in [0.29, 0.717) is 29.4 Å². The number of ether oxygens (including phenoxy) is 3. The smallest absolute Gasteiger partial charge is 0.338 e. The van der Waals surface area contributed by atoms with Crippen molar-refractivity contribution in [2.24, 2.45) is 5.92 Å². The second-order valence-electron chi connectivity index (χ2n) is 6.95. The molecule has 0 aliphatic carbocycles. The van der Waals surface area contributed by atoms with Crippen molar-refractivity contribution in [2.45, 2.75) is 20.8 Å². The van der Waals surface area contributed by atoms with Crippen molar-refractivity contribution >= 4 is 34.9 Å². The van der Waals surface area contributed by atoms with Gasteiger partial charge in [-0.25, -0.2) is 4.79 Å². The topological polar surface area (TPSA) is 90.9 Å². The molecule has 0 bridgehead atoms. The number of rotatable bonds is 9. The third-order valence-corrected chi connectivity index (χ3v) is 4.17. The van der Waals surface area contributed by atoms with E-state index < -0.39 is 12.6 Å². The van der Waals surface area contributed by atoms with Crippen molar-refractivity contribution in [3.63, 3.8) is 0 Å². The van der Waals surface area contributed by atoms with Gasteiger partial charge < -0.3 is 19.5 Å². The molecule has 0 unspecified atom stereocenters. The molecule has 0 aliphatic heterocycles. The lowest BCUT2D eigenvalue weighted by molar-refractivity contribution is -0.114. The molecular formula is C22H24ClNO6. The maximum atomic E-state index is 12.4. The maximum Gasteiger partial charge on any atom is 0.338 e. The maximum absolute atomic E-state index is 12.4. The number of benzene rings is 2. The summed E-state index contributed by atoms with van der Waals surface area (Å²) in [5.41, 5.74) is 1.06. The van der Waals surface area contributed by atoms with Crippen LogP contribution in [0.4, 0.5) is 5.69 Å².